The van der Waals surface area contributed by atoms with Crippen molar-refractivity contribution < 1.29 is 0 Å². The average molecular weight is 173 g/mol. The molecule has 0 bridgehead atoms. The van der Waals surface area contributed by atoms with Gasteiger partial charge >= 0.3 is 0 Å². The van der Waals surface area contributed by atoms with Crippen molar-refractivity contribution in [2.75, 3.05) is 6.54 Å². The van der Waals surface area contributed by atoms with Gasteiger partial charge in [-0.05, 0) is 19.0 Å². The van der Waals surface area contributed by atoms with Crippen LogP contribution in [0.1, 0.15) is 19.0 Å². The van der Waals surface area contributed by atoms with Crippen LogP contribution in [0, 0.1) is 0 Å². The van der Waals surface area contributed by atoms with Gasteiger partial charge in [-0.1, -0.05) is 18.5 Å². The summed E-state index contributed by atoms with van der Waals surface area (Å²) in [6.45, 7) is 4.08. The van der Waals surface area contributed by atoms with Crippen LogP contribution in [0.2, 0.25) is 5.02 Å². The monoisotopic (exact) mass is 172 g/mol. The van der Waals surface area contributed by atoms with E-state index in [4.69, 9.17) is 11.6 Å². The largest absolute Gasteiger partial charge is 0.363 e. The summed E-state index contributed by atoms with van der Waals surface area (Å²) in [7, 11) is 0. The summed E-state index contributed by atoms with van der Waals surface area (Å²) in [4.78, 5) is 3.07. The van der Waals surface area contributed by atoms with E-state index in [1.165, 1.54) is 0 Å². The van der Waals surface area contributed by atoms with Crippen LogP contribution in [0.15, 0.2) is 12.3 Å². The van der Waals surface area contributed by atoms with Crippen molar-refractivity contribution in [2.24, 2.45) is 0 Å². The fraction of sp³-hybridized carbons (Fsp3) is 0.500. The zero-order valence-electron chi connectivity index (χ0n) is 6.65. The van der Waals surface area contributed by atoms with E-state index < -0.39 is 0 Å². The molecule has 62 valence electrons. The third kappa shape index (κ3) is 2.95. The number of hydrogen-bond donors (Lipinski definition) is 2. The second kappa shape index (κ2) is 4.42. The first kappa shape index (κ1) is 8.62. The Morgan fingerprint density at radius 3 is 3.00 bits per heavy atom. The molecule has 0 aliphatic rings. The molecule has 0 saturated carbocycles. The van der Waals surface area contributed by atoms with E-state index >= 15 is 0 Å². The van der Waals surface area contributed by atoms with Crippen LogP contribution in [0.3, 0.4) is 0 Å². The van der Waals surface area contributed by atoms with Crippen LogP contribution in [-0.4, -0.2) is 11.5 Å². The Morgan fingerprint density at radius 1 is 1.64 bits per heavy atom. The highest BCUT2D eigenvalue weighted by Crippen LogP contribution is 2.08. The number of hydrogen-bond acceptors (Lipinski definition) is 1. The molecule has 0 radical (unpaired) electrons. The number of H-pyrrole nitrogens is 1. The smallest absolute Gasteiger partial charge is 0.0583 e. The van der Waals surface area contributed by atoms with Gasteiger partial charge in [0.25, 0.3) is 0 Å². The normalized spacial score (nSPS) is 10.4. The molecule has 0 atom stereocenters. The lowest BCUT2D eigenvalue weighted by Gasteiger charge is -1.98. The molecule has 2 nitrogen and oxygen atoms in total. The van der Waals surface area contributed by atoms with Gasteiger partial charge in [-0.2, -0.15) is 0 Å². The maximum Gasteiger partial charge on any atom is 0.0583 e. The average Bonchev–Trinajstić information content (AvgIpc) is 2.37. The minimum Gasteiger partial charge on any atom is -0.363 e. The van der Waals surface area contributed by atoms with Crippen molar-refractivity contribution in [1.82, 2.24) is 10.3 Å². The van der Waals surface area contributed by atoms with Crippen LogP contribution in [0.25, 0.3) is 0 Å². The fourth-order valence-corrected chi connectivity index (χ4v) is 1.10. The topological polar surface area (TPSA) is 27.8 Å². The molecule has 0 aliphatic carbocycles. The van der Waals surface area contributed by atoms with Crippen LogP contribution >= 0.6 is 11.6 Å². The molecule has 0 unspecified atom stereocenters. The van der Waals surface area contributed by atoms with Gasteiger partial charge in [0.05, 0.1) is 5.02 Å². The lowest BCUT2D eigenvalue weighted by Crippen LogP contribution is -2.13. The molecule has 11 heavy (non-hydrogen) atoms. The molecule has 0 fully saturated rings. The fourth-order valence-electron chi connectivity index (χ4n) is 0.913. The summed E-state index contributed by atoms with van der Waals surface area (Å²) >= 11 is 5.71. The van der Waals surface area contributed by atoms with Crippen LogP contribution in [0.5, 0.6) is 0 Å². The Morgan fingerprint density at radius 2 is 2.45 bits per heavy atom. The maximum absolute atomic E-state index is 5.71. The van der Waals surface area contributed by atoms with Gasteiger partial charge in [-0.3, -0.25) is 0 Å². The highest BCUT2D eigenvalue weighted by molar-refractivity contribution is 6.30. The molecule has 0 spiro atoms. The Hall–Kier alpha value is -0.470. The van der Waals surface area contributed by atoms with Gasteiger partial charge in [0.1, 0.15) is 0 Å². The second-order valence-electron chi connectivity index (χ2n) is 2.52. The van der Waals surface area contributed by atoms with E-state index in [1.54, 1.807) is 6.20 Å². The lowest BCUT2D eigenvalue weighted by atomic mass is 10.4. The Kier molecular flexibility index (Phi) is 3.46. The first-order chi connectivity index (χ1) is 5.33. The third-order valence-corrected chi connectivity index (χ3v) is 1.67. The van der Waals surface area contributed by atoms with Crippen molar-refractivity contribution in [3.63, 3.8) is 0 Å². The molecule has 3 heteroatoms. The number of halogens is 1. The van der Waals surface area contributed by atoms with Crippen LogP contribution in [0.4, 0.5) is 0 Å². The quantitative estimate of drug-likeness (QED) is 0.670. The van der Waals surface area contributed by atoms with Crippen molar-refractivity contribution >= 4 is 11.6 Å². The summed E-state index contributed by atoms with van der Waals surface area (Å²) in [6, 6.07) is 1.93. The Labute approximate surface area is 72.0 Å². The van der Waals surface area contributed by atoms with Gasteiger partial charge in [0.15, 0.2) is 0 Å². The Bertz CT molecular complexity index is 208. The summed E-state index contributed by atoms with van der Waals surface area (Å²) in [5.74, 6) is 0. The zero-order valence-corrected chi connectivity index (χ0v) is 7.41. The van der Waals surface area contributed by atoms with Gasteiger partial charge in [0, 0.05) is 18.4 Å². The summed E-state index contributed by atoms with van der Waals surface area (Å²) in [6.07, 6.45) is 2.96. The molecular weight excluding hydrogens is 160 g/mol. The van der Waals surface area contributed by atoms with E-state index in [2.05, 4.69) is 17.2 Å². The molecule has 1 rings (SSSR count). The first-order valence-electron chi connectivity index (χ1n) is 3.86. The highest BCUT2D eigenvalue weighted by Gasteiger charge is 1.94. The predicted molar refractivity (Wildman–Crippen MR) is 47.8 cm³/mol. The third-order valence-electron chi connectivity index (χ3n) is 1.45. The number of aromatic nitrogens is 1. The van der Waals surface area contributed by atoms with E-state index in [-0.39, 0.29) is 0 Å². The predicted octanol–water partition coefficient (Wildman–Crippen LogP) is 2.17. The molecule has 0 aliphatic heterocycles. The van der Waals surface area contributed by atoms with Crippen molar-refractivity contribution in [2.45, 2.75) is 19.9 Å². The van der Waals surface area contributed by atoms with Crippen LogP contribution in [-0.2, 0) is 6.54 Å². The number of aromatic amines is 1. The van der Waals surface area contributed by atoms with E-state index in [9.17, 15) is 0 Å². The van der Waals surface area contributed by atoms with Gasteiger partial charge in [-0.15, -0.1) is 0 Å². The minimum absolute atomic E-state index is 0.776. The van der Waals surface area contributed by atoms with Crippen molar-refractivity contribution in [1.29, 1.82) is 0 Å². The van der Waals surface area contributed by atoms with Gasteiger partial charge < -0.3 is 10.3 Å². The Balaban J connectivity index is 2.27. The molecule has 1 heterocycles. The van der Waals surface area contributed by atoms with E-state index in [1.807, 2.05) is 6.07 Å². The van der Waals surface area contributed by atoms with E-state index in [0.29, 0.717) is 0 Å². The van der Waals surface area contributed by atoms with Crippen LogP contribution < -0.4 is 5.32 Å². The molecule has 0 amide bonds. The van der Waals surface area contributed by atoms with Gasteiger partial charge in [0.2, 0.25) is 0 Å². The lowest BCUT2D eigenvalue weighted by molar-refractivity contribution is 0.667. The number of rotatable bonds is 4. The molecule has 2 N–H and O–H groups in total. The standard InChI is InChI=1S/C8H13ClN2/c1-2-3-10-6-8-4-7(9)5-11-8/h4-5,10-11H,2-3,6H2,1H3. The van der Waals surface area contributed by atoms with Gasteiger partial charge in [-0.25, -0.2) is 0 Å². The minimum atomic E-state index is 0.776. The molecule has 1 aromatic heterocycles. The van der Waals surface area contributed by atoms with E-state index in [0.717, 1.165) is 30.2 Å². The summed E-state index contributed by atoms with van der Waals surface area (Å²) in [5, 5.41) is 4.05. The molecule has 0 aromatic carbocycles. The summed E-state index contributed by atoms with van der Waals surface area (Å²) < 4.78 is 0. The van der Waals surface area contributed by atoms with Crippen molar-refractivity contribution in [3.05, 3.63) is 23.0 Å². The number of nitrogens with one attached hydrogen (secondary N) is 2. The first-order valence-corrected chi connectivity index (χ1v) is 4.24. The second-order valence-corrected chi connectivity index (χ2v) is 2.96. The highest BCUT2D eigenvalue weighted by atomic mass is 35.5. The summed E-state index contributed by atoms with van der Waals surface area (Å²) in [5.41, 5.74) is 1.14. The SMILES string of the molecule is CCCNCc1cc(Cl)c[nH]1. The zero-order chi connectivity index (χ0) is 8.10. The molecule has 1 aromatic rings. The molecule has 0 saturated heterocycles. The van der Waals surface area contributed by atoms with Crippen molar-refractivity contribution in [3.8, 4) is 0 Å². The maximum atomic E-state index is 5.71. The molecular formula is C8H13ClN2.